The summed E-state index contributed by atoms with van der Waals surface area (Å²) in [6.45, 7) is 8.82. The molecule has 0 amide bonds. The zero-order valence-electron chi connectivity index (χ0n) is 11.2. The molecule has 4 atom stereocenters. The van der Waals surface area contributed by atoms with Gasteiger partial charge in [0.25, 0.3) is 0 Å². The van der Waals surface area contributed by atoms with Gasteiger partial charge in [0.15, 0.2) is 5.78 Å². The van der Waals surface area contributed by atoms with Crippen molar-refractivity contribution in [3.8, 4) is 0 Å². The van der Waals surface area contributed by atoms with E-state index in [1.165, 1.54) is 24.2 Å². The van der Waals surface area contributed by atoms with Gasteiger partial charge in [-0.15, -0.1) is 11.8 Å². The van der Waals surface area contributed by atoms with E-state index in [2.05, 4.69) is 27.7 Å². The van der Waals surface area contributed by atoms with E-state index in [1.807, 2.05) is 11.8 Å². The van der Waals surface area contributed by atoms with Crippen molar-refractivity contribution < 1.29 is 4.79 Å². The minimum Gasteiger partial charge on any atom is -0.294 e. The summed E-state index contributed by atoms with van der Waals surface area (Å²) in [5, 5.41) is 0. The average Bonchev–Trinajstić information content (AvgIpc) is 2.86. The maximum Gasteiger partial charge on any atom is 0.163 e. The van der Waals surface area contributed by atoms with Gasteiger partial charge in [0.2, 0.25) is 0 Å². The summed E-state index contributed by atoms with van der Waals surface area (Å²) in [5.41, 5.74) is 1.09. The third-order valence-electron chi connectivity index (χ3n) is 4.68. The van der Waals surface area contributed by atoms with Crippen LogP contribution in [-0.4, -0.2) is 10.5 Å². The normalized spacial score (nSPS) is 40.4. The van der Waals surface area contributed by atoms with Gasteiger partial charge >= 0.3 is 0 Å². The van der Waals surface area contributed by atoms with Crippen LogP contribution in [0, 0.1) is 23.7 Å². The maximum absolute atomic E-state index is 12.4. The molecule has 4 unspecified atom stereocenters. The zero-order valence-corrected chi connectivity index (χ0v) is 12.1. The third kappa shape index (κ3) is 1.71. The Labute approximate surface area is 108 Å². The van der Waals surface area contributed by atoms with E-state index in [4.69, 9.17) is 0 Å². The van der Waals surface area contributed by atoms with Crippen LogP contribution in [-0.2, 0) is 4.79 Å². The van der Waals surface area contributed by atoms with E-state index in [0.717, 1.165) is 11.5 Å². The Bertz CT molecular complexity index is 402. The van der Waals surface area contributed by atoms with Crippen molar-refractivity contribution in [2.24, 2.45) is 23.7 Å². The van der Waals surface area contributed by atoms with Crippen LogP contribution < -0.4 is 0 Å². The molecule has 2 bridgehead atoms. The van der Waals surface area contributed by atoms with E-state index in [0.29, 0.717) is 23.5 Å². The molecule has 94 valence electrons. The Kier molecular flexibility index (Phi) is 2.52. The molecule has 0 aliphatic heterocycles. The number of hydrogen-bond donors (Lipinski definition) is 0. The lowest BCUT2D eigenvalue weighted by molar-refractivity contribution is -0.120. The predicted molar refractivity (Wildman–Crippen MR) is 72.9 cm³/mol. The molecule has 2 fully saturated rings. The van der Waals surface area contributed by atoms with Crippen LogP contribution in [0.25, 0.3) is 0 Å². The first-order valence-corrected chi connectivity index (χ1v) is 7.64. The molecule has 0 spiro atoms. The fraction of sp³-hybridized carbons (Fsp3) is 0.800. The molecule has 0 aromatic heterocycles. The summed E-state index contributed by atoms with van der Waals surface area (Å²) in [7, 11) is 0. The van der Waals surface area contributed by atoms with Gasteiger partial charge < -0.3 is 0 Å². The second kappa shape index (κ2) is 3.63. The monoisotopic (exact) mass is 250 g/mol. The number of carbonyl (C=O) groups is 1. The van der Waals surface area contributed by atoms with Gasteiger partial charge in [0.05, 0.1) is 0 Å². The Morgan fingerprint density at radius 1 is 1.12 bits per heavy atom. The molecule has 3 rings (SSSR count). The van der Waals surface area contributed by atoms with Crippen LogP contribution in [0.5, 0.6) is 0 Å². The van der Waals surface area contributed by atoms with Crippen LogP contribution in [0.4, 0.5) is 0 Å². The van der Waals surface area contributed by atoms with Crippen molar-refractivity contribution in [1.82, 2.24) is 0 Å². The average molecular weight is 250 g/mol. The molecule has 0 saturated heterocycles. The van der Waals surface area contributed by atoms with E-state index in [9.17, 15) is 4.79 Å². The molecule has 1 nitrogen and oxygen atoms in total. The molecule has 0 radical (unpaired) electrons. The number of carbonyl (C=O) groups excluding carboxylic acids is 1. The van der Waals surface area contributed by atoms with Crippen molar-refractivity contribution >= 4 is 17.5 Å². The zero-order chi connectivity index (χ0) is 12.4. The number of Topliss-reactive ketones (excluding diaryl/α,β-unsaturated/α-hetero) is 1. The van der Waals surface area contributed by atoms with Crippen LogP contribution >= 0.6 is 11.8 Å². The summed E-state index contributed by atoms with van der Waals surface area (Å²) < 4.78 is 0.230. The Morgan fingerprint density at radius 3 is 2.29 bits per heavy atom. The highest BCUT2D eigenvalue weighted by Crippen LogP contribution is 2.62. The standard InChI is InChI=1S/C15H22OS/c1-8-13(16)11-9-5-6-10(7-9)12(11)14(8)17-15(2,3)4/h9-12H,5-7H2,1-4H3. The highest BCUT2D eigenvalue weighted by molar-refractivity contribution is 8.04. The molecule has 0 N–H and O–H groups in total. The Balaban J connectivity index is 1.94. The summed E-state index contributed by atoms with van der Waals surface area (Å²) in [6, 6.07) is 0. The number of rotatable bonds is 1. The van der Waals surface area contributed by atoms with E-state index < -0.39 is 0 Å². The topological polar surface area (TPSA) is 17.1 Å². The van der Waals surface area contributed by atoms with Gasteiger partial charge in [-0.05, 0) is 42.9 Å². The quantitative estimate of drug-likeness (QED) is 0.698. The minimum absolute atomic E-state index is 0.230. The van der Waals surface area contributed by atoms with Gasteiger partial charge in [0, 0.05) is 22.2 Å². The number of fused-ring (bicyclic) bond motifs is 5. The summed E-state index contributed by atoms with van der Waals surface area (Å²) >= 11 is 1.95. The summed E-state index contributed by atoms with van der Waals surface area (Å²) in [5.74, 6) is 2.99. The van der Waals surface area contributed by atoms with Gasteiger partial charge in [-0.3, -0.25) is 4.79 Å². The lowest BCUT2D eigenvalue weighted by Gasteiger charge is -2.28. The molecule has 3 aliphatic rings. The van der Waals surface area contributed by atoms with Gasteiger partial charge in [-0.1, -0.05) is 20.8 Å². The molecule has 3 aliphatic carbocycles. The Morgan fingerprint density at radius 2 is 1.71 bits per heavy atom. The second-order valence-corrected chi connectivity index (χ2v) is 8.82. The first-order chi connectivity index (χ1) is 7.88. The fourth-order valence-electron chi connectivity index (χ4n) is 4.14. The first-order valence-electron chi connectivity index (χ1n) is 6.82. The lowest BCUT2D eigenvalue weighted by Crippen LogP contribution is -2.24. The molecule has 2 heteroatoms. The van der Waals surface area contributed by atoms with Crippen LogP contribution in [0.2, 0.25) is 0 Å². The molecule has 17 heavy (non-hydrogen) atoms. The molecule has 0 heterocycles. The summed E-state index contributed by atoms with van der Waals surface area (Å²) in [6.07, 6.45) is 3.99. The second-order valence-electron chi connectivity index (χ2n) is 6.95. The van der Waals surface area contributed by atoms with E-state index >= 15 is 0 Å². The summed E-state index contributed by atoms with van der Waals surface area (Å²) in [4.78, 5) is 13.8. The smallest absolute Gasteiger partial charge is 0.163 e. The van der Waals surface area contributed by atoms with Gasteiger partial charge in [-0.2, -0.15) is 0 Å². The van der Waals surface area contributed by atoms with Crippen molar-refractivity contribution in [3.05, 3.63) is 10.5 Å². The molecular weight excluding hydrogens is 228 g/mol. The van der Waals surface area contributed by atoms with Gasteiger partial charge in [0.1, 0.15) is 0 Å². The van der Waals surface area contributed by atoms with Crippen LogP contribution in [0.1, 0.15) is 47.0 Å². The molecular formula is C15H22OS. The van der Waals surface area contributed by atoms with E-state index in [1.54, 1.807) is 0 Å². The number of hydrogen-bond acceptors (Lipinski definition) is 2. The number of ketones is 1. The van der Waals surface area contributed by atoms with Crippen LogP contribution in [0.15, 0.2) is 10.5 Å². The van der Waals surface area contributed by atoms with Crippen molar-refractivity contribution in [2.75, 3.05) is 0 Å². The Hall–Kier alpha value is -0.240. The highest BCUT2D eigenvalue weighted by Gasteiger charge is 2.56. The van der Waals surface area contributed by atoms with Crippen molar-refractivity contribution in [1.29, 1.82) is 0 Å². The largest absolute Gasteiger partial charge is 0.294 e. The van der Waals surface area contributed by atoms with Crippen molar-refractivity contribution in [2.45, 2.75) is 51.7 Å². The molecule has 2 saturated carbocycles. The van der Waals surface area contributed by atoms with Crippen LogP contribution in [0.3, 0.4) is 0 Å². The van der Waals surface area contributed by atoms with E-state index in [-0.39, 0.29) is 4.75 Å². The maximum atomic E-state index is 12.4. The molecule has 0 aromatic carbocycles. The number of thioether (sulfide) groups is 1. The highest BCUT2D eigenvalue weighted by atomic mass is 32.2. The number of allylic oxidation sites excluding steroid dienone is 2. The fourth-order valence-corrected chi connectivity index (χ4v) is 5.53. The SMILES string of the molecule is CC1=C(SC(C)(C)C)C2C3CCC(C3)C2C1=O. The first kappa shape index (κ1) is 11.8. The predicted octanol–water partition coefficient (Wildman–Crippen LogP) is 4.04. The molecule has 0 aromatic rings. The minimum atomic E-state index is 0.230. The lowest BCUT2D eigenvalue weighted by atomic mass is 9.81. The third-order valence-corrected chi connectivity index (χ3v) is 6.09. The van der Waals surface area contributed by atoms with Crippen molar-refractivity contribution in [3.63, 3.8) is 0 Å². The van der Waals surface area contributed by atoms with Gasteiger partial charge in [-0.25, -0.2) is 0 Å².